The summed E-state index contributed by atoms with van der Waals surface area (Å²) >= 11 is 0. The van der Waals surface area contributed by atoms with Crippen LogP contribution in [-0.4, -0.2) is 68.0 Å². The van der Waals surface area contributed by atoms with Crippen molar-refractivity contribution in [3.8, 4) is 5.69 Å². The molecule has 2 amide bonds. The molecule has 0 aliphatic carbocycles. The van der Waals surface area contributed by atoms with E-state index in [4.69, 9.17) is 0 Å². The summed E-state index contributed by atoms with van der Waals surface area (Å²) in [6.45, 7) is 5.11. The number of carbonyl (C=O) groups is 2. The van der Waals surface area contributed by atoms with Gasteiger partial charge in [-0.3, -0.25) is 9.59 Å². The van der Waals surface area contributed by atoms with Crippen LogP contribution >= 0.6 is 0 Å². The van der Waals surface area contributed by atoms with Crippen LogP contribution in [0.4, 0.5) is 0 Å². The SMILES string of the molecule is CCCCC1C(=O)N(C)CCN1C(=O)Cc1ccc(-n2nnnc2C)cc1. The lowest BCUT2D eigenvalue weighted by Crippen LogP contribution is -2.57. The number of aryl methyl sites for hydroxylation is 1. The fourth-order valence-corrected chi connectivity index (χ4v) is 3.39. The Morgan fingerprint density at radius 3 is 2.59 bits per heavy atom. The molecule has 8 heteroatoms. The van der Waals surface area contributed by atoms with Crippen molar-refractivity contribution < 1.29 is 9.59 Å². The number of piperazine rings is 1. The van der Waals surface area contributed by atoms with Crippen molar-refractivity contribution in [2.24, 2.45) is 0 Å². The van der Waals surface area contributed by atoms with E-state index in [1.165, 1.54) is 0 Å². The van der Waals surface area contributed by atoms with Gasteiger partial charge in [0.25, 0.3) is 0 Å². The highest BCUT2D eigenvalue weighted by Gasteiger charge is 2.35. The summed E-state index contributed by atoms with van der Waals surface area (Å²) in [4.78, 5) is 28.9. The Morgan fingerprint density at radius 2 is 1.96 bits per heavy atom. The Kier molecular flexibility index (Phi) is 5.83. The van der Waals surface area contributed by atoms with Crippen LogP contribution in [0.15, 0.2) is 24.3 Å². The zero-order valence-corrected chi connectivity index (χ0v) is 16.1. The van der Waals surface area contributed by atoms with Gasteiger partial charge >= 0.3 is 0 Å². The van der Waals surface area contributed by atoms with E-state index in [9.17, 15) is 9.59 Å². The minimum absolute atomic E-state index is 0.00362. The molecule has 0 saturated carbocycles. The molecule has 1 fully saturated rings. The van der Waals surface area contributed by atoms with Gasteiger partial charge in [0.1, 0.15) is 6.04 Å². The van der Waals surface area contributed by atoms with E-state index in [1.54, 1.807) is 14.5 Å². The number of hydrogen-bond acceptors (Lipinski definition) is 5. The minimum Gasteiger partial charge on any atom is -0.342 e. The molecule has 1 saturated heterocycles. The van der Waals surface area contributed by atoms with E-state index in [1.807, 2.05) is 38.2 Å². The fourth-order valence-electron chi connectivity index (χ4n) is 3.39. The van der Waals surface area contributed by atoms with Gasteiger partial charge in [-0.05, 0) is 41.5 Å². The number of nitrogens with zero attached hydrogens (tertiary/aromatic N) is 6. The quantitative estimate of drug-likeness (QED) is 0.767. The second-order valence-corrected chi connectivity index (χ2v) is 6.99. The lowest BCUT2D eigenvalue weighted by atomic mass is 10.0. The Balaban J connectivity index is 1.70. The molecule has 1 atom stereocenters. The first-order chi connectivity index (χ1) is 13.0. The summed E-state index contributed by atoms with van der Waals surface area (Å²) < 4.78 is 1.64. The molecule has 0 N–H and O–H groups in total. The van der Waals surface area contributed by atoms with Crippen LogP contribution in [0.3, 0.4) is 0 Å². The van der Waals surface area contributed by atoms with Gasteiger partial charge in [-0.25, -0.2) is 0 Å². The Bertz CT molecular complexity index is 801. The summed E-state index contributed by atoms with van der Waals surface area (Å²) in [5, 5.41) is 11.5. The van der Waals surface area contributed by atoms with E-state index in [-0.39, 0.29) is 24.3 Å². The van der Waals surface area contributed by atoms with Crippen molar-refractivity contribution in [2.45, 2.75) is 45.6 Å². The third kappa shape index (κ3) is 4.15. The molecule has 8 nitrogen and oxygen atoms in total. The van der Waals surface area contributed by atoms with E-state index in [2.05, 4.69) is 22.4 Å². The third-order valence-corrected chi connectivity index (χ3v) is 5.03. The molecule has 0 bridgehead atoms. The average Bonchev–Trinajstić information content (AvgIpc) is 3.09. The zero-order chi connectivity index (χ0) is 19.4. The van der Waals surface area contributed by atoms with Crippen LogP contribution in [0, 0.1) is 6.92 Å². The molecule has 3 rings (SSSR count). The molecule has 27 heavy (non-hydrogen) atoms. The number of carbonyl (C=O) groups excluding carboxylic acids is 2. The van der Waals surface area contributed by atoms with Crippen molar-refractivity contribution in [2.75, 3.05) is 20.1 Å². The smallest absolute Gasteiger partial charge is 0.245 e. The number of hydrogen-bond donors (Lipinski definition) is 0. The van der Waals surface area contributed by atoms with Crippen molar-refractivity contribution in [1.82, 2.24) is 30.0 Å². The van der Waals surface area contributed by atoms with Crippen molar-refractivity contribution in [3.63, 3.8) is 0 Å². The van der Waals surface area contributed by atoms with Crippen LogP contribution in [0.1, 0.15) is 37.6 Å². The largest absolute Gasteiger partial charge is 0.342 e. The molecule has 144 valence electrons. The number of amides is 2. The number of likely N-dealkylation sites (N-methyl/N-ethyl adjacent to an activating group) is 1. The number of benzene rings is 1. The number of unbranched alkanes of at least 4 members (excludes halogenated alkanes) is 1. The van der Waals surface area contributed by atoms with Crippen molar-refractivity contribution >= 4 is 11.8 Å². The Labute approximate surface area is 159 Å². The van der Waals surface area contributed by atoms with Crippen molar-refractivity contribution in [3.05, 3.63) is 35.7 Å². The second kappa shape index (κ2) is 8.28. The highest BCUT2D eigenvalue weighted by molar-refractivity contribution is 5.89. The van der Waals surface area contributed by atoms with Crippen LogP contribution in [0.2, 0.25) is 0 Å². The van der Waals surface area contributed by atoms with Crippen LogP contribution in [-0.2, 0) is 16.0 Å². The van der Waals surface area contributed by atoms with Gasteiger partial charge in [-0.2, -0.15) is 4.68 Å². The molecule has 0 spiro atoms. The summed E-state index contributed by atoms with van der Waals surface area (Å²) in [5.41, 5.74) is 1.76. The minimum atomic E-state index is -0.334. The molecule has 1 aromatic heterocycles. The molecule has 1 unspecified atom stereocenters. The highest BCUT2D eigenvalue weighted by Crippen LogP contribution is 2.18. The van der Waals surface area contributed by atoms with Crippen LogP contribution in [0.5, 0.6) is 0 Å². The molecule has 0 radical (unpaired) electrons. The van der Waals surface area contributed by atoms with E-state index < -0.39 is 0 Å². The summed E-state index contributed by atoms with van der Waals surface area (Å²) in [5.74, 6) is 0.755. The normalized spacial score (nSPS) is 17.4. The first-order valence-electron chi connectivity index (χ1n) is 9.40. The maximum atomic E-state index is 12.9. The Hall–Kier alpha value is -2.77. The predicted octanol–water partition coefficient (Wildman–Crippen LogP) is 1.37. The van der Waals surface area contributed by atoms with Crippen LogP contribution < -0.4 is 0 Å². The average molecular weight is 370 g/mol. The molecule has 1 aliphatic rings. The maximum Gasteiger partial charge on any atom is 0.245 e. The maximum absolute atomic E-state index is 12.9. The molecular weight excluding hydrogens is 344 g/mol. The number of rotatable bonds is 6. The third-order valence-electron chi connectivity index (χ3n) is 5.03. The van der Waals surface area contributed by atoms with E-state index >= 15 is 0 Å². The highest BCUT2D eigenvalue weighted by atomic mass is 16.2. The first kappa shape index (κ1) is 19.0. The summed E-state index contributed by atoms with van der Waals surface area (Å²) in [6, 6.07) is 7.28. The lowest BCUT2D eigenvalue weighted by molar-refractivity contribution is -0.150. The first-order valence-corrected chi connectivity index (χ1v) is 9.40. The van der Waals surface area contributed by atoms with Gasteiger partial charge in [0.05, 0.1) is 12.1 Å². The summed E-state index contributed by atoms with van der Waals surface area (Å²) in [6.07, 6.45) is 2.96. The van der Waals surface area contributed by atoms with Crippen LogP contribution in [0.25, 0.3) is 5.69 Å². The van der Waals surface area contributed by atoms with E-state index in [0.717, 1.165) is 30.5 Å². The van der Waals surface area contributed by atoms with Gasteiger partial charge in [0, 0.05) is 20.1 Å². The molecule has 2 aromatic rings. The van der Waals surface area contributed by atoms with E-state index in [0.29, 0.717) is 18.9 Å². The van der Waals surface area contributed by atoms with Gasteiger partial charge < -0.3 is 9.80 Å². The lowest BCUT2D eigenvalue weighted by Gasteiger charge is -2.39. The fraction of sp³-hybridized carbons (Fsp3) is 0.526. The topological polar surface area (TPSA) is 84.2 Å². The van der Waals surface area contributed by atoms with Gasteiger partial charge in [-0.15, -0.1) is 5.10 Å². The van der Waals surface area contributed by atoms with Gasteiger partial charge in [-0.1, -0.05) is 31.9 Å². The monoisotopic (exact) mass is 370 g/mol. The molecule has 2 heterocycles. The van der Waals surface area contributed by atoms with Crippen molar-refractivity contribution in [1.29, 1.82) is 0 Å². The standard InChI is InChI=1S/C19H26N6O2/c1-4-5-6-17-19(27)23(3)11-12-24(17)18(26)13-15-7-9-16(10-8-15)25-14(2)20-21-22-25/h7-10,17H,4-6,11-13H2,1-3H3. The predicted molar refractivity (Wildman–Crippen MR) is 100 cm³/mol. The molecular formula is C19H26N6O2. The molecule has 1 aromatic carbocycles. The molecule has 1 aliphatic heterocycles. The number of aromatic nitrogens is 4. The second-order valence-electron chi connectivity index (χ2n) is 6.99. The summed E-state index contributed by atoms with van der Waals surface area (Å²) in [7, 11) is 1.81. The van der Waals surface area contributed by atoms with Gasteiger partial charge in [0.2, 0.25) is 11.8 Å². The number of tetrazole rings is 1. The van der Waals surface area contributed by atoms with Gasteiger partial charge in [0.15, 0.2) is 5.82 Å². The Morgan fingerprint density at radius 1 is 1.22 bits per heavy atom. The zero-order valence-electron chi connectivity index (χ0n) is 16.1.